The van der Waals surface area contributed by atoms with E-state index in [0.717, 1.165) is 29.5 Å². The number of rotatable bonds is 5. The molecule has 0 amide bonds. The third kappa shape index (κ3) is 3.83. The molecule has 3 nitrogen and oxygen atoms in total. The first-order valence-electron chi connectivity index (χ1n) is 8.96. The third-order valence-electron chi connectivity index (χ3n) is 5.33. The fourth-order valence-electron chi connectivity index (χ4n) is 4.22. The van der Waals surface area contributed by atoms with Crippen molar-refractivity contribution in [2.75, 3.05) is 6.54 Å². The molecule has 0 spiro atoms. The van der Waals surface area contributed by atoms with Crippen LogP contribution in [0.5, 0.6) is 0 Å². The van der Waals surface area contributed by atoms with Gasteiger partial charge in [0.1, 0.15) is 0 Å². The molecule has 1 saturated carbocycles. The summed E-state index contributed by atoms with van der Waals surface area (Å²) in [6, 6.07) is 8.11. The molecule has 1 aliphatic carbocycles. The summed E-state index contributed by atoms with van der Waals surface area (Å²) in [5, 5.41) is 2.09. The average Bonchev–Trinajstić information content (AvgIpc) is 3.08. The van der Waals surface area contributed by atoms with Crippen molar-refractivity contribution in [3.63, 3.8) is 0 Å². The minimum atomic E-state index is -3.51. The molecule has 3 rings (SSSR count). The van der Waals surface area contributed by atoms with Crippen LogP contribution in [0.15, 0.2) is 34.5 Å². The average molecular weight is 378 g/mol. The van der Waals surface area contributed by atoms with E-state index >= 15 is 0 Å². The van der Waals surface area contributed by atoms with Gasteiger partial charge in [0.05, 0.1) is 4.90 Å². The maximum Gasteiger partial charge on any atom is 0.241 e. The van der Waals surface area contributed by atoms with Crippen LogP contribution in [0.1, 0.15) is 53.7 Å². The number of hydrogen-bond acceptors (Lipinski definition) is 3. The Morgan fingerprint density at radius 2 is 1.72 bits per heavy atom. The van der Waals surface area contributed by atoms with Gasteiger partial charge in [-0.05, 0) is 56.2 Å². The summed E-state index contributed by atoms with van der Waals surface area (Å²) >= 11 is 1.75. The number of sulfonamides is 1. The molecule has 0 saturated heterocycles. The Morgan fingerprint density at radius 1 is 1.08 bits per heavy atom. The van der Waals surface area contributed by atoms with Crippen molar-refractivity contribution in [3.05, 3.63) is 51.2 Å². The molecule has 1 aliphatic rings. The number of nitrogens with one attached hydrogen (secondary N) is 1. The molecule has 1 N–H and O–H groups in total. The molecule has 1 heterocycles. The van der Waals surface area contributed by atoms with Crippen LogP contribution in [-0.2, 0) is 15.4 Å². The molecular formula is C20H27NO2S2. The zero-order valence-corrected chi connectivity index (χ0v) is 16.9. The van der Waals surface area contributed by atoms with Gasteiger partial charge in [0.2, 0.25) is 10.0 Å². The lowest BCUT2D eigenvalue weighted by molar-refractivity contribution is 0.298. The highest BCUT2D eigenvalue weighted by atomic mass is 32.2. The molecule has 1 aromatic heterocycles. The van der Waals surface area contributed by atoms with Crippen LogP contribution >= 0.6 is 11.3 Å². The maximum absolute atomic E-state index is 13.0. The van der Waals surface area contributed by atoms with Crippen molar-refractivity contribution in [1.29, 1.82) is 0 Å². The minimum absolute atomic E-state index is 0.0496. The predicted octanol–water partition coefficient (Wildman–Crippen LogP) is 4.85. The standard InChI is InChI=1S/C20H27NO2S2/c1-15-12-16(2)19(17(3)13-15)25(22,23)21-14-20(9-5-4-6-10-20)18-8-7-11-24-18/h7-8,11-13,21H,4-6,9-10,14H2,1-3H3. The van der Waals surface area contributed by atoms with Gasteiger partial charge in [0.15, 0.2) is 0 Å². The minimum Gasteiger partial charge on any atom is -0.210 e. The van der Waals surface area contributed by atoms with Gasteiger partial charge in [-0.1, -0.05) is 43.0 Å². The van der Waals surface area contributed by atoms with E-state index < -0.39 is 10.0 Å². The lowest BCUT2D eigenvalue weighted by Gasteiger charge is -2.36. The highest BCUT2D eigenvalue weighted by Gasteiger charge is 2.36. The van der Waals surface area contributed by atoms with Crippen molar-refractivity contribution in [3.8, 4) is 0 Å². The molecule has 25 heavy (non-hydrogen) atoms. The second kappa shape index (κ2) is 7.22. The quantitative estimate of drug-likeness (QED) is 0.809. The second-order valence-corrected chi connectivity index (χ2v) is 10.0. The van der Waals surface area contributed by atoms with Crippen molar-refractivity contribution in [2.45, 2.75) is 63.2 Å². The van der Waals surface area contributed by atoms with Gasteiger partial charge in [-0.2, -0.15) is 0 Å². The molecule has 1 fully saturated rings. The summed E-state index contributed by atoms with van der Waals surface area (Å²) in [5.74, 6) is 0. The zero-order valence-electron chi connectivity index (χ0n) is 15.3. The predicted molar refractivity (Wildman–Crippen MR) is 105 cm³/mol. The fourth-order valence-corrected chi connectivity index (χ4v) is 6.78. The van der Waals surface area contributed by atoms with Crippen LogP contribution in [0.4, 0.5) is 0 Å². The first-order chi connectivity index (χ1) is 11.8. The molecule has 0 bridgehead atoms. The van der Waals surface area contributed by atoms with Crippen LogP contribution in [0, 0.1) is 20.8 Å². The van der Waals surface area contributed by atoms with E-state index in [1.54, 1.807) is 11.3 Å². The monoisotopic (exact) mass is 377 g/mol. The molecule has 0 radical (unpaired) electrons. The number of hydrogen-bond donors (Lipinski definition) is 1. The fraction of sp³-hybridized carbons (Fsp3) is 0.500. The van der Waals surface area contributed by atoms with E-state index in [4.69, 9.17) is 0 Å². The van der Waals surface area contributed by atoms with E-state index in [1.165, 1.54) is 24.1 Å². The number of thiophene rings is 1. The van der Waals surface area contributed by atoms with Crippen molar-refractivity contribution in [1.82, 2.24) is 4.72 Å². The summed E-state index contributed by atoms with van der Waals surface area (Å²) in [4.78, 5) is 1.75. The molecule has 2 aromatic rings. The van der Waals surface area contributed by atoms with Crippen LogP contribution in [-0.4, -0.2) is 15.0 Å². The Kier molecular flexibility index (Phi) is 5.37. The molecule has 0 atom stereocenters. The Hall–Kier alpha value is -1.17. The number of benzene rings is 1. The first-order valence-corrected chi connectivity index (χ1v) is 11.3. The van der Waals surface area contributed by atoms with Gasteiger partial charge in [0.25, 0.3) is 0 Å². The highest BCUT2D eigenvalue weighted by Crippen LogP contribution is 2.41. The van der Waals surface area contributed by atoms with Crippen LogP contribution in [0.25, 0.3) is 0 Å². The summed E-state index contributed by atoms with van der Waals surface area (Å²) in [6.45, 7) is 6.24. The highest BCUT2D eigenvalue weighted by molar-refractivity contribution is 7.89. The molecule has 0 aliphatic heterocycles. The van der Waals surface area contributed by atoms with Crippen molar-refractivity contribution in [2.24, 2.45) is 0 Å². The Labute approximate surface area is 155 Å². The normalized spacial score (nSPS) is 17.6. The van der Waals surface area contributed by atoms with Gasteiger partial charge in [-0.3, -0.25) is 0 Å². The summed E-state index contributed by atoms with van der Waals surface area (Å²) < 4.78 is 29.0. The topological polar surface area (TPSA) is 46.2 Å². The van der Waals surface area contributed by atoms with E-state index in [0.29, 0.717) is 11.4 Å². The van der Waals surface area contributed by atoms with E-state index in [2.05, 4.69) is 22.2 Å². The summed E-state index contributed by atoms with van der Waals surface area (Å²) in [5.41, 5.74) is 2.68. The molecular weight excluding hydrogens is 350 g/mol. The summed E-state index contributed by atoms with van der Waals surface area (Å²) in [6.07, 6.45) is 5.70. The van der Waals surface area contributed by atoms with Crippen LogP contribution < -0.4 is 4.72 Å². The molecule has 136 valence electrons. The molecule has 5 heteroatoms. The largest absolute Gasteiger partial charge is 0.241 e. The smallest absolute Gasteiger partial charge is 0.210 e. The van der Waals surface area contributed by atoms with Crippen LogP contribution in [0.3, 0.4) is 0 Å². The van der Waals surface area contributed by atoms with Gasteiger partial charge in [-0.15, -0.1) is 11.3 Å². The van der Waals surface area contributed by atoms with E-state index in [-0.39, 0.29) is 5.41 Å². The van der Waals surface area contributed by atoms with Gasteiger partial charge >= 0.3 is 0 Å². The Morgan fingerprint density at radius 3 is 2.28 bits per heavy atom. The molecule has 1 aromatic carbocycles. The van der Waals surface area contributed by atoms with Gasteiger partial charge in [0, 0.05) is 16.8 Å². The van der Waals surface area contributed by atoms with Crippen molar-refractivity contribution < 1.29 is 8.42 Å². The first kappa shape index (κ1) is 18.6. The van der Waals surface area contributed by atoms with Crippen LogP contribution in [0.2, 0.25) is 0 Å². The number of aryl methyl sites for hydroxylation is 3. The second-order valence-electron chi connectivity index (χ2n) is 7.37. The maximum atomic E-state index is 13.0. The third-order valence-corrected chi connectivity index (χ3v) is 8.15. The lowest BCUT2D eigenvalue weighted by atomic mass is 9.73. The Bertz CT molecular complexity index is 810. The zero-order chi connectivity index (χ0) is 18.1. The Balaban J connectivity index is 1.88. The van der Waals surface area contributed by atoms with Crippen molar-refractivity contribution >= 4 is 21.4 Å². The molecule has 0 unspecified atom stereocenters. The summed E-state index contributed by atoms with van der Waals surface area (Å²) in [7, 11) is -3.51. The van der Waals surface area contributed by atoms with E-state index in [9.17, 15) is 8.42 Å². The SMILES string of the molecule is Cc1cc(C)c(S(=O)(=O)NCC2(c3cccs3)CCCCC2)c(C)c1. The lowest BCUT2D eigenvalue weighted by Crippen LogP contribution is -2.42. The van der Waals surface area contributed by atoms with Gasteiger partial charge < -0.3 is 0 Å². The van der Waals surface area contributed by atoms with E-state index in [1.807, 2.05) is 32.9 Å². The van der Waals surface area contributed by atoms with Gasteiger partial charge in [-0.25, -0.2) is 13.1 Å².